The van der Waals surface area contributed by atoms with Gasteiger partial charge in [0, 0.05) is 30.1 Å². The number of ether oxygens (including phenoxy) is 1. The molecule has 3 heteroatoms. The van der Waals surface area contributed by atoms with Gasteiger partial charge in [0.15, 0.2) is 0 Å². The van der Waals surface area contributed by atoms with Gasteiger partial charge in [-0.1, -0.05) is 15.9 Å². The van der Waals surface area contributed by atoms with Gasteiger partial charge in [-0.3, -0.25) is 0 Å². The summed E-state index contributed by atoms with van der Waals surface area (Å²) in [6.45, 7) is 2.00. The van der Waals surface area contributed by atoms with Crippen molar-refractivity contribution in [2.24, 2.45) is 17.3 Å². The number of rotatable bonds is 1. The second kappa shape index (κ2) is 4.46. The van der Waals surface area contributed by atoms with Crippen LogP contribution in [0.1, 0.15) is 44.9 Å². The highest BCUT2D eigenvalue weighted by Crippen LogP contribution is 2.57. The molecule has 2 saturated carbocycles. The molecule has 2 aliphatic heterocycles. The fourth-order valence-electron chi connectivity index (χ4n) is 5.05. The van der Waals surface area contributed by atoms with Crippen molar-refractivity contribution in [3.05, 3.63) is 0 Å². The molecule has 2 nitrogen and oxygen atoms in total. The maximum absolute atomic E-state index is 5.67. The molecule has 4 atom stereocenters. The van der Waals surface area contributed by atoms with Gasteiger partial charge in [-0.25, -0.2) is 0 Å². The summed E-state index contributed by atoms with van der Waals surface area (Å²) in [5, 5.41) is 4.06. The van der Waals surface area contributed by atoms with Gasteiger partial charge in [-0.05, 0) is 62.2 Å². The average Bonchev–Trinajstić information content (AvgIpc) is 3.18. The first-order chi connectivity index (χ1) is 8.79. The molecule has 0 aromatic heterocycles. The molecule has 2 heterocycles. The Hall–Kier alpha value is 0.400. The van der Waals surface area contributed by atoms with E-state index in [9.17, 15) is 0 Å². The van der Waals surface area contributed by atoms with Crippen LogP contribution in [0.5, 0.6) is 0 Å². The Morgan fingerprint density at radius 3 is 2.56 bits per heavy atom. The molecule has 0 aromatic rings. The first-order valence-electron chi connectivity index (χ1n) is 7.77. The minimum absolute atomic E-state index is 0.580. The van der Waals surface area contributed by atoms with E-state index in [2.05, 4.69) is 21.2 Å². The van der Waals surface area contributed by atoms with Crippen LogP contribution in [0, 0.1) is 17.3 Å². The van der Waals surface area contributed by atoms with Gasteiger partial charge >= 0.3 is 0 Å². The molecule has 0 radical (unpaired) electrons. The molecule has 18 heavy (non-hydrogen) atoms. The lowest BCUT2D eigenvalue weighted by Gasteiger charge is -2.45. The molecular formula is C15H24BrNO. The van der Waals surface area contributed by atoms with Gasteiger partial charge < -0.3 is 10.1 Å². The zero-order valence-electron chi connectivity index (χ0n) is 11.0. The van der Waals surface area contributed by atoms with Crippen LogP contribution in [-0.2, 0) is 4.74 Å². The summed E-state index contributed by atoms with van der Waals surface area (Å²) >= 11 is 3.89. The van der Waals surface area contributed by atoms with Crippen LogP contribution in [0.3, 0.4) is 0 Å². The SMILES string of the molecule is BrC1CCC2NC(C3CC3)C3(CCOCC3)C2C1. The van der Waals surface area contributed by atoms with E-state index in [0.29, 0.717) is 5.41 Å². The number of fused-ring (bicyclic) bond motifs is 2. The molecule has 0 bridgehead atoms. The minimum Gasteiger partial charge on any atom is -0.381 e. The Balaban J connectivity index is 1.65. The lowest BCUT2D eigenvalue weighted by Crippen LogP contribution is -2.45. The molecular weight excluding hydrogens is 290 g/mol. The van der Waals surface area contributed by atoms with Gasteiger partial charge in [0.05, 0.1) is 0 Å². The monoisotopic (exact) mass is 313 g/mol. The molecule has 1 spiro atoms. The maximum Gasteiger partial charge on any atom is 0.0472 e. The van der Waals surface area contributed by atoms with E-state index in [4.69, 9.17) is 4.74 Å². The largest absolute Gasteiger partial charge is 0.381 e. The summed E-state index contributed by atoms with van der Waals surface area (Å²) < 4.78 is 5.67. The van der Waals surface area contributed by atoms with E-state index in [-0.39, 0.29) is 0 Å². The van der Waals surface area contributed by atoms with Crippen molar-refractivity contribution < 1.29 is 4.74 Å². The fourth-order valence-corrected chi connectivity index (χ4v) is 5.72. The number of alkyl halides is 1. The molecule has 4 fully saturated rings. The van der Waals surface area contributed by atoms with E-state index in [1.807, 2.05) is 0 Å². The zero-order valence-corrected chi connectivity index (χ0v) is 12.6. The Labute approximate surface area is 118 Å². The Morgan fingerprint density at radius 2 is 1.83 bits per heavy atom. The summed E-state index contributed by atoms with van der Waals surface area (Å²) in [6.07, 6.45) is 9.68. The molecule has 2 saturated heterocycles. The first-order valence-corrected chi connectivity index (χ1v) is 8.69. The number of nitrogens with one attached hydrogen (secondary N) is 1. The van der Waals surface area contributed by atoms with Crippen molar-refractivity contribution in [3.63, 3.8) is 0 Å². The predicted molar refractivity (Wildman–Crippen MR) is 76.0 cm³/mol. The Kier molecular flexibility index (Phi) is 3.01. The fraction of sp³-hybridized carbons (Fsp3) is 1.00. The quantitative estimate of drug-likeness (QED) is 0.751. The number of halogens is 1. The van der Waals surface area contributed by atoms with Crippen LogP contribution >= 0.6 is 15.9 Å². The molecule has 0 aromatic carbocycles. The van der Waals surface area contributed by atoms with Crippen molar-refractivity contribution in [2.45, 2.75) is 61.9 Å². The smallest absolute Gasteiger partial charge is 0.0472 e. The van der Waals surface area contributed by atoms with Crippen molar-refractivity contribution in [2.75, 3.05) is 13.2 Å². The highest BCUT2D eigenvalue weighted by molar-refractivity contribution is 9.09. The normalized spacial score (nSPS) is 47.2. The van der Waals surface area contributed by atoms with Gasteiger partial charge in [0.2, 0.25) is 0 Å². The molecule has 1 N–H and O–H groups in total. The predicted octanol–water partition coefficient (Wildman–Crippen LogP) is 3.10. The maximum atomic E-state index is 5.67. The summed E-state index contributed by atoms with van der Waals surface area (Å²) in [7, 11) is 0. The van der Waals surface area contributed by atoms with Crippen molar-refractivity contribution in [3.8, 4) is 0 Å². The van der Waals surface area contributed by atoms with Crippen LogP contribution in [0.25, 0.3) is 0 Å². The second-order valence-electron chi connectivity index (χ2n) is 6.95. The molecule has 102 valence electrons. The lowest BCUT2D eigenvalue weighted by atomic mass is 9.62. The van der Waals surface area contributed by atoms with Gasteiger partial charge in [-0.2, -0.15) is 0 Å². The van der Waals surface area contributed by atoms with Gasteiger partial charge in [0.1, 0.15) is 0 Å². The van der Waals surface area contributed by atoms with E-state index >= 15 is 0 Å². The molecule has 4 unspecified atom stereocenters. The Morgan fingerprint density at radius 1 is 1.06 bits per heavy atom. The highest BCUT2D eigenvalue weighted by Gasteiger charge is 2.59. The molecule has 4 aliphatic rings. The van der Waals surface area contributed by atoms with Gasteiger partial charge in [0.25, 0.3) is 0 Å². The van der Waals surface area contributed by atoms with Crippen molar-refractivity contribution in [1.82, 2.24) is 5.32 Å². The highest BCUT2D eigenvalue weighted by atomic mass is 79.9. The first kappa shape index (κ1) is 12.2. The van der Waals surface area contributed by atoms with E-state index in [1.165, 1.54) is 44.9 Å². The van der Waals surface area contributed by atoms with E-state index in [0.717, 1.165) is 42.0 Å². The summed E-state index contributed by atoms with van der Waals surface area (Å²) in [5.41, 5.74) is 0.580. The zero-order chi connectivity index (χ0) is 12.2. The molecule has 2 aliphatic carbocycles. The van der Waals surface area contributed by atoms with Crippen LogP contribution in [0.15, 0.2) is 0 Å². The van der Waals surface area contributed by atoms with Crippen molar-refractivity contribution >= 4 is 15.9 Å². The summed E-state index contributed by atoms with van der Waals surface area (Å²) in [4.78, 5) is 0.762. The molecule has 4 rings (SSSR count). The third-order valence-corrected chi connectivity index (χ3v) is 6.89. The minimum atomic E-state index is 0.580. The van der Waals surface area contributed by atoms with Crippen LogP contribution in [0.2, 0.25) is 0 Å². The van der Waals surface area contributed by atoms with E-state index < -0.39 is 0 Å². The van der Waals surface area contributed by atoms with Crippen LogP contribution in [-0.4, -0.2) is 30.1 Å². The summed E-state index contributed by atoms with van der Waals surface area (Å²) in [6, 6.07) is 1.62. The van der Waals surface area contributed by atoms with Crippen LogP contribution < -0.4 is 5.32 Å². The van der Waals surface area contributed by atoms with Crippen LogP contribution in [0.4, 0.5) is 0 Å². The number of hydrogen-bond acceptors (Lipinski definition) is 2. The standard InChI is InChI=1S/C15H24BrNO/c16-11-3-4-13-12(9-11)15(5-7-18-8-6-15)14(17-13)10-1-2-10/h10-14,17H,1-9H2. The third kappa shape index (κ3) is 1.81. The summed E-state index contributed by atoms with van der Waals surface area (Å²) in [5.74, 6) is 1.90. The van der Waals surface area contributed by atoms with Gasteiger partial charge in [-0.15, -0.1) is 0 Å². The van der Waals surface area contributed by atoms with Crippen molar-refractivity contribution in [1.29, 1.82) is 0 Å². The molecule has 0 amide bonds. The average molecular weight is 314 g/mol. The third-order valence-electron chi connectivity index (χ3n) is 6.05. The lowest BCUT2D eigenvalue weighted by molar-refractivity contribution is -0.0250. The Bertz CT molecular complexity index is 324. The topological polar surface area (TPSA) is 21.3 Å². The second-order valence-corrected chi connectivity index (χ2v) is 8.25. The number of hydrogen-bond donors (Lipinski definition) is 1. The van der Waals surface area contributed by atoms with E-state index in [1.54, 1.807) is 0 Å².